The minimum atomic E-state index is 0.209. The van der Waals surface area contributed by atoms with Crippen LogP contribution in [0.15, 0.2) is 52.8 Å². The maximum atomic E-state index is 4.37. The molecule has 0 aliphatic carbocycles. The number of aliphatic imine (C=N–C) groups is 1. The molecule has 0 saturated carbocycles. The average Bonchev–Trinajstić information content (AvgIpc) is 2.52. The van der Waals surface area contributed by atoms with Crippen LogP contribution in [0.2, 0.25) is 0 Å². The van der Waals surface area contributed by atoms with Crippen molar-refractivity contribution in [3.63, 3.8) is 0 Å². The van der Waals surface area contributed by atoms with Gasteiger partial charge < -0.3 is 4.90 Å². The van der Waals surface area contributed by atoms with Crippen molar-refractivity contribution in [2.45, 2.75) is 6.17 Å². The van der Waals surface area contributed by atoms with Gasteiger partial charge in [0.1, 0.15) is 6.17 Å². The van der Waals surface area contributed by atoms with Gasteiger partial charge in [-0.1, -0.05) is 12.2 Å². The molecule has 0 N–H and O–H groups in total. The predicted octanol–water partition coefficient (Wildman–Crippen LogP) is 1.61. The van der Waals surface area contributed by atoms with Gasteiger partial charge in [-0.2, -0.15) is 0 Å². The van der Waals surface area contributed by atoms with Gasteiger partial charge in [0.05, 0.1) is 5.70 Å². The maximum Gasteiger partial charge on any atom is 0.144 e. The molecule has 0 spiro atoms. The van der Waals surface area contributed by atoms with Crippen molar-refractivity contribution < 1.29 is 0 Å². The molecule has 3 aliphatic heterocycles. The molecular weight excluding hydrogens is 148 g/mol. The molecule has 0 amide bonds. The minimum absolute atomic E-state index is 0.209. The van der Waals surface area contributed by atoms with E-state index in [9.17, 15) is 0 Å². The average molecular weight is 156 g/mol. The third kappa shape index (κ3) is 0.619. The summed E-state index contributed by atoms with van der Waals surface area (Å²) < 4.78 is 0. The molecule has 12 heavy (non-hydrogen) atoms. The lowest BCUT2D eigenvalue weighted by Gasteiger charge is -2.29. The van der Waals surface area contributed by atoms with Crippen molar-refractivity contribution in [1.82, 2.24) is 4.90 Å². The van der Waals surface area contributed by atoms with E-state index in [0.29, 0.717) is 0 Å². The molecule has 3 aliphatic rings. The summed E-state index contributed by atoms with van der Waals surface area (Å²) in [5, 5.41) is 0. The van der Waals surface area contributed by atoms with Crippen LogP contribution in [-0.4, -0.2) is 17.3 Å². The number of rotatable bonds is 0. The van der Waals surface area contributed by atoms with Crippen LogP contribution in [0.4, 0.5) is 0 Å². The summed E-state index contributed by atoms with van der Waals surface area (Å²) in [6.07, 6.45) is 14.7. The van der Waals surface area contributed by atoms with Gasteiger partial charge in [0, 0.05) is 11.9 Å². The van der Waals surface area contributed by atoms with E-state index >= 15 is 0 Å². The molecule has 0 saturated heterocycles. The highest BCUT2D eigenvalue weighted by atomic mass is 15.3. The van der Waals surface area contributed by atoms with Crippen LogP contribution >= 0.6 is 0 Å². The zero-order chi connectivity index (χ0) is 7.97. The molecular formula is C10H8N2. The summed E-state index contributed by atoms with van der Waals surface area (Å²) in [7, 11) is 0. The first-order chi connectivity index (χ1) is 5.95. The van der Waals surface area contributed by atoms with Crippen LogP contribution < -0.4 is 0 Å². The van der Waals surface area contributed by atoms with Gasteiger partial charge >= 0.3 is 0 Å². The van der Waals surface area contributed by atoms with Crippen molar-refractivity contribution >= 4 is 6.21 Å². The van der Waals surface area contributed by atoms with E-state index in [0.717, 1.165) is 0 Å². The molecule has 0 bridgehead atoms. The molecule has 1 unspecified atom stereocenters. The van der Waals surface area contributed by atoms with Gasteiger partial charge in [0.2, 0.25) is 0 Å². The molecule has 0 aromatic carbocycles. The Labute approximate surface area is 70.9 Å². The Morgan fingerprint density at radius 3 is 3.08 bits per heavy atom. The van der Waals surface area contributed by atoms with Gasteiger partial charge in [-0.25, -0.2) is 0 Å². The van der Waals surface area contributed by atoms with Crippen molar-refractivity contribution in [2.24, 2.45) is 4.99 Å². The first-order valence-corrected chi connectivity index (χ1v) is 4.04. The second-order valence-electron chi connectivity index (χ2n) is 2.99. The lowest BCUT2D eigenvalue weighted by Crippen LogP contribution is -2.28. The van der Waals surface area contributed by atoms with Crippen LogP contribution in [0.25, 0.3) is 0 Å². The Bertz CT molecular complexity index is 367. The summed E-state index contributed by atoms with van der Waals surface area (Å²) in [4.78, 5) is 6.59. The van der Waals surface area contributed by atoms with E-state index in [2.05, 4.69) is 46.3 Å². The summed E-state index contributed by atoms with van der Waals surface area (Å²) in [6, 6.07) is 0. The number of nitrogens with zero attached hydrogens (tertiary/aromatic N) is 2. The second kappa shape index (κ2) is 1.97. The number of allylic oxidation sites excluding steroid dienone is 6. The molecule has 0 aromatic rings. The molecule has 3 heterocycles. The van der Waals surface area contributed by atoms with Crippen LogP contribution in [0.5, 0.6) is 0 Å². The van der Waals surface area contributed by atoms with E-state index in [1.54, 1.807) is 0 Å². The quantitative estimate of drug-likeness (QED) is 0.520. The largest absolute Gasteiger partial charge is 0.314 e. The SMILES string of the molecule is C1=CC2=CC=CC3N=CC(=C1)N23. The van der Waals surface area contributed by atoms with Crippen LogP contribution in [-0.2, 0) is 0 Å². The van der Waals surface area contributed by atoms with Crippen molar-refractivity contribution in [3.8, 4) is 0 Å². The standard InChI is InChI=1S/C10H8N2/c1-3-8-4-2-6-10-11-7-9(5-1)12(8)10/h1-7,10H. The van der Waals surface area contributed by atoms with Crippen LogP contribution in [0.1, 0.15) is 0 Å². The number of hydrogen-bond acceptors (Lipinski definition) is 2. The Morgan fingerprint density at radius 1 is 1.17 bits per heavy atom. The predicted molar refractivity (Wildman–Crippen MR) is 48.6 cm³/mol. The first kappa shape index (κ1) is 6.00. The lowest BCUT2D eigenvalue weighted by atomic mass is 10.1. The Morgan fingerprint density at radius 2 is 2.08 bits per heavy atom. The highest BCUT2D eigenvalue weighted by Gasteiger charge is 2.26. The lowest BCUT2D eigenvalue weighted by molar-refractivity contribution is 0.414. The van der Waals surface area contributed by atoms with Crippen LogP contribution in [0.3, 0.4) is 0 Å². The Kier molecular flexibility index (Phi) is 0.987. The van der Waals surface area contributed by atoms with Gasteiger partial charge in [-0.15, -0.1) is 0 Å². The number of hydrogen-bond donors (Lipinski definition) is 0. The fourth-order valence-electron chi connectivity index (χ4n) is 1.71. The molecule has 2 nitrogen and oxygen atoms in total. The van der Waals surface area contributed by atoms with E-state index in [-0.39, 0.29) is 6.17 Å². The molecule has 2 heteroatoms. The summed E-state index contributed by atoms with van der Waals surface area (Å²) in [5.74, 6) is 0. The second-order valence-corrected chi connectivity index (χ2v) is 2.99. The fourth-order valence-corrected chi connectivity index (χ4v) is 1.71. The fraction of sp³-hybridized carbons (Fsp3) is 0.100. The van der Waals surface area contributed by atoms with Gasteiger partial charge in [-0.05, 0) is 24.3 Å². The smallest absolute Gasteiger partial charge is 0.144 e. The van der Waals surface area contributed by atoms with Crippen molar-refractivity contribution in [2.75, 3.05) is 0 Å². The first-order valence-electron chi connectivity index (χ1n) is 4.04. The Balaban J connectivity index is 2.20. The topological polar surface area (TPSA) is 15.6 Å². The van der Waals surface area contributed by atoms with E-state index in [1.165, 1.54) is 11.4 Å². The molecule has 3 rings (SSSR count). The monoisotopic (exact) mass is 156 g/mol. The minimum Gasteiger partial charge on any atom is -0.314 e. The van der Waals surface area contributed by atoms with Gasteiger partial charge in [0.15, 0.2) is 0 Å². The normalized spacial score (nSPS) is 28.7. The summed E-state index contributed by atoms with van der Waals surface area (Å²) in [5.41, 5.74) is 2.43. The molecule has 0 radical (unpaired) electrons. The van der Waals surface area contributed by atoms with Crippen LogP contribution in [0, 0.1) is 0 Å². The maximum absolute atomic E-state index is 4.37. The Hall–Kier alpha value is -1.57. The van der Waals surface area contributed by atoms with Crippen molar-refractivity contribution in [3.05, 3.63) is 47.9 Å². The molecule has 58 valence electrons. The zero-order valence-electron chi connectivity index (χ0n) is 6.51. The highest BCUT2D eigenvalue weighted by Crippen LogP contribution is 2.29. The van der Waals surface area contributed by atoms with E-state index in [4.69, 9.17) is 0 Å². The van der Waals surface area contributed by atoms with E-state index in [1.807, 2.05) is 6.21 Å². The third-order valence-corrected chi connectivity index (χ3v) is 2.26. The van der Waals surface area contributed by atoms with Crippen molar-refractivity contribution in [1.29, 1.82) is 0 Å². The summed E-state index contributed by atoms with van der Waals surface area (Å²) in [6.45, 7) is 0. The van der Waals surface area contributed by atoms with Gasteiger partial charge in [0.25, 0.3) is 0 Å². The van der Waals surface area contributed by atoms with Gasteiger partial charge in [-0.3, -0.25) is 4.99 Å². The van der Waals surface area contributed by atoms with E-state index < -0.39 is 0 Å². The summed E-state index contributed by atoms with van der Waals surface area (Å²) >= 11 is 0. The molecule has 1 atom stereocenters. The third-order valence-electron chi connectivity index (χ3n) is 2.26. The zero-order valence-corrected chi connectivity index (χ0v) is 6.51. The molecule has 0 fully saturated rings. The molecule has 0 aromatic heterocycles. The highest BCUT2D eigenvalue weighted by molar-refractivity contribution is 5.83.